The van der Waals surface area contributed by atoms with E-state index >= 15 is 0 Å². The van der Waals surface area contributed by atoms with Gasteiger partial charge in [0.15, 0.2) is 0 Å². The molecule has 0 unspecified atom stereocenters. The Hall–Kier alpha value is -3.95. The average molecular weight is 412 g/mol. The van der Waals surface area contributed by atoms with Crippen molar-refractivity contribution in [3.8, 4) is 0 Å². The molecule has 2 heterocycles. The number of H-pyrrole nitrogens is 1. The van der Waals surface area contributed by atoms with Crippen LogP contribution in [0, 0.1) is 0 Å². The molecule has 0 spiro atoms. The first-order valence-corrected chi connectivity index (χ1v) is 9.22. The number of carbonyl (C=O) groups excluding carboxylic acids is 1. The van der Waals surface area contributed by atoms with E-state index in [0.717, 1.165) is 5.56 Å². The topological polar surface area (TPSA) is 154 Å². The molecule has 1 amide bonds. The Morgan fingerprint density at radius 3 is 2.53 bits per heavy atom. The zero-order chi connectivity index (χ0) is 21.7. The van der Waals surface area contributed by atoms with Gasteiger partial charge in [-0.2, -0.15) is 0 Å². The van der Waals surface area contributed by atoms with Gasteiger partial charge in [0.1, 0.15) is 11.7 Å². The van der Waals surface area contributed by atoms with E-state index in [2.05, 4.69) is 15.3 Å². The Morgan fingerprint density at radius 2 is 1.87 bits per heavy atom. The van der Waals surface area contributed by atoms with Gasteiger partial charge in [0.25, 0.3) is 11.5 Å². The van der Waals surface area contributed by atoms with E-state index in [1.165, 1.54) is 10.9 Å². The normalized spacial score (nSPS) is 11.9. The second-order valence-corrected chi connectivity index (χ2v) is 6.73. The Kier molecular flexibility index (Phi) is 6.26. The SMILES string of the molecule is O=C(O)CC[C@H](NC(=O)c1ccc(CCn2cnc3[nH]ccc3c2=O)cc1)C(=O)O. The highest BCUT2D eigenvalue weighted by Gasteiger charge is 2.21. The molecule has 0 aliphatic rings. The molecule has 3 aromatic rings. The first-order valence-electron chi connectivity index (χ1n) is 9.22. The molecule has 0 bridgehead atoms. The fraction of sp³-hybridized carbons (Fsp3) is 0.250. The summed E-state index contributed by atoms with van der Waals surface area (Å²) in [6, 6.07) is 6.93. The minimum atomic E-state index is -1.29. The molecular weight excluding hydrogens is 392 g/mol. The summed E-state index contributed by atoms with van der Waals surface area (Å²) in [6.07, 6.45) is 3.10. The maximum absolute atomic E-state index is 12.4. The number of aliphatic carboxylic acids is 2. The number of hydrogen-bond acceptors (Lipinski definition) is 5. The molecule has 0 aliphatic carbocycles. The maximum Gasteiger partial charge on any atom is 0.326 e. The first-order chi connectivity index (χ1) is 14.3. The van der Waals surface area contributed by atoms with E-state index in [4.69, 9.17) is 10.2 Å². The summed E-state index contributed by atoms with van der Waals surface area (Å²) >= 11 is 0. The highest BCUT2D eigenvalue weighted by molar-refractivity contribution is 5.96. The van der Waals surface area contributed by atoms with E-state index in [-0.39, 0.29) is 24.0 Å². The van der Waals surface area contributed by atoms with Gasteiger partial charge < -0.3 is 20.5 Å². The number of carboxylic acids is 2. The van der Waals surface area contributed by atoms with Gasteiger partial charge in [0.05, 0.1) is 11.7 Å². The van der Waals surface area contributed by atoms with Crippen molar-refractivity contribution in [2.45, 2.75) is 31.8 Å². The molecule has 1 aromatic carbocycles. The van der Waals surface area contributed by atoms with Crippen LogP contribution in [0.5, 0.6) is 0 Å². The highest BCUT2D eigenvalue weighted by atomic mass is 16.4. The largest absolute Gasteiger partial charge is 0.481 e. The molecule has 0 radical (unpaired) electrons. The number of aromatic nitrogens is 3. The second-order valence-electron chi connectivity index (χ2n) is 6.73. The van der Waals surface area contributed by atoms with Gasteiger partial charge >= 0.3 is 11.9 Å². The number of aryl methyl sites for hydroxylation is 2. The van der Waals surface area contributed by atoms with Crippen LogP contribution in [0.25, 0.3) is 11.0 Å². The number of carboxylic acid groups (broad SMARTS) is 2. The Morgan fingerprint density at radius 1 is 1.13 bits per heavy atom. The number of fused-ring (bicyclic) bond motifs is 1. The van der Waals surface area contributed by atoms with Gasteiger partial charge in [-0.25, -0.2) is 9.78 Å². The minimum absolute atomic E-state index is 0.140. The van der Waals surface area contributed by atoms with E-state index in [0.29, 0.717) is 24.0 Å². The van der Waals surface area contributed by atoms with Crippen LogP contribution < -0.4 is 10.9 Å². The average Bonchev–Trinajstić information content (AvgIpc) is 3.20. The standard InChI is InChI=1S/C20H20N4O6/c25-16(26)6-5-15(20(29)30)23-18(27)13-3-1-12(2-4-13)8-10-24-11-22-17-14(19(24)28)7-9-21-17/h1-4,7,9,11,15,21H,5-6,8,10H2,(H,23,27)(H,25,26)(H,29,30)/t15-/m0/s1. The van der Waals surface area contributed by atoms with E-state index in [1.54, 1.807) is 36.5 Å². The van der Waals surface area contributed by atoms with E-state index < -0.39 is 23.9 Å². The quantitative estimate of drug-likeness (QED) is 0.409. The monoisotopic (exact) mass is 412 g/mol. The molecule has 30 heavy (non-hydrogen) atoms. The predicted octanol–water partition coefficient (Wildman–Crippen LogP) is 1.02. The smallest absolute Gasteiger partial charge is 0.326 e. The van der Waals surface area contributed by atoms with Gasteiger partial charge in [0.2, 0.25) is 0 Å². The molecule has 4 N–H and O–H groups in total. The fourth-order valence-corrected chi connectivity index (χ4v) is 2.97. The molecular formula is C20H20N4O6. The van der Waals surface area contributed by atoms with Crippen molar-refractivity contribution < 1.29 is 24.6 Å². The summed E-state index contributed by atoms with van der Waals surface area (Å²) in [6.45, 7) is 0.411. The zero-order valence-corrected chi connectivity index (χ0v) is 15.9. The molecule has 156 valence electrons. The van der Waals surface area contributed by atoms with Crippen molar-refractivity contribution in [2.24, 2.45) is 0 Å². The lowest BCUT2D eigenvalue weighted by Crippen LogP contribution is -2.41. The van der Waals surface area contributed by atoms with Crippen LogP contribution in [0.2, 0.25) is 0 Å². The van der Waals surface area contributed by atoms with Gasteiger partial charge in [-0.15, -0.1) is 0 Å². The van der Waals surface area contributed by atoms with E-state index in [9.17, 15) is 19.2 Å². The molecule has 0 fully saturated rings. The number of hydrogen-bond donors (Lipinski definition) is 4. The zero-order valence-electron chi connectivity index (χ0n) is 15.9. The number of amides is 1. The summed E-state index contributed by atoms with van der Waals surface area (Å²) in [5, 5.41) is 20.7. The van der Waals surface area contributed by atoms with Crippen molar-refractivity contribution >= 4 is 28.9 Å². The van der Waals surface area contributed by atoms with Crippen molar-refractivity contribution in [2.75, 3.05) is 0 Å². The molecule has 1 atom stereocenters. The molecule has 10 heteroatoms. The number of benzene rings is 1. The summed E-state index contributed by atoms with van der Waals surface area (Å²) in [7, 11) is 0. The third-order valence-electron chi connectivity index (χ3n) is 4.65. The van der Waals surface area contributed by atoms with Crippen LogP contribution in [-0.2, 0) is 22.6 Å². The van der Waals surface area contributed by atoms with E-state index in [1.807, 2.05) is 0 Å². The van der Waals surface area contributed by atoms with Crippen LogP contribution in [-0.4, -0.2) is 48.6 Å². The lowest BCUT2D eigenvalue weighted by Gasteiger charge is -2.13. The third-order valence-corrected chi connectivity index (χ3v) is 4.65. The maximum atomic E-state index is 12.4. The summed E-state index contributed by atoms with van der Waals surface area (Å²) in [5.74, 6) is -3.03. The van der Waals surface area contributed by atoms with Crippen LogP contribution in [0.4, 0.5) is 0 Å². The van der Waals surface area contributed by atoms with Gasteiger partial charge in [-0.05, 0) is 36.6 Å². The molecule has 10 nitrogen and oxygen atoms in total. The number of rotatable bonds is 9. The highest BCUT2D eigenvalue weighted by Crippen LogP contribution is 2.08. The summed E-state index contributed by atoms with van der Waals surface area (Å²) in [4.78, 5) is 53.5. The summed E-state index contributed by atoms with van der Waals surface area (Å²) in [5.41, 5.74) is 1.54. The van der Waals surface area contributed by atoms with Crippen LogP contribution >= 0.6 is 0 Å². The second kappa shape index (κ2) is 9.03. The number of aromatic amines is 1. The lowest BCUT2D eigenvalue weighted by atomic mass is 10.1. The first kappa shape index (κ1) is 20.8. The van der Waals surface area contributed by atoms with Gasteiger partial charge in [-0.3, -0.25) is 19.0 Å². The lowest BCUT2D eigenvalue weighted by molar-refractivity contribution is -0.140. The Balaban J connectivity index is 1.61. The van der Waals surface area contributed by atoms with Crippen LogP contribution in [0.3, 0.4) is 0 Å². The third kappa shape index (κ3) is 4.90. The van der Waals surface area contributed by atoms with Gasteiger partial charge in [0, 0.05) is 24.7 Å². The molecule has 2 aromatic heterocycles. The predicted molar refractivity (Wildman–Crippen MR) is 106 cm³/mol. The number of nitrogens with one attached hydrogen (secondary N) is 2. The van der Waals surface area contributed by atoms with Crippen LogP contribution in [0.1, 0.15) is 28.8 Å². The van der Waals surface area contributed by atoms with Crippen molar-refractivity contribution in [1.29, 1.82) is 0 Å². The molecule has 0 saturated heterocycles. The molecule has 0 saturated carbocycles. The summed E-state index contributed by atoms with van der Waals surface area (Å²) < 4.78 is 1.51. The Bertz CT molecular complexity index is 1130. The number of carbonyl (C=O) groups is 3. The molecule has 3 rings (SSSR count). The van der Waals surface area contributed by atoms with Gasteiger partial charge in [-0.1, -0.05) is 12.1 Å². The number of nitrogens with zero attached hydrogens (tertiary/aromatic N) is 2. The minimum Gasteiger partial charge on any atom is -0.481 e. The van der Waals surface area contributed by atoms with Crippen molar-refractivity contribution in [3.63, 3.8) is 0 Å². The van der Waals surface area contributed by atoms with Crippen molar-refractivity contribution in [3.05, 3.63) is 64.3 Å². The fourth-order valence-electron chi connectivity index (χ4n) is 2.97. The van der Waals surface area contributed by atoms with Crippen LogP contribution in [0.15, 0.2) is 47.7 Å². The molecule has 0 aliphatic heterocycles. The van der Waals surface area contributed by atoms with Crippen molar-refractivity contribution in [1.82, 2.24) is 19.9 Å². The Labute approximate surface area is 170 Å².